The lowest BCUT2D eigenvalue weighted by Gasteiger charge is -2.21. The summed E-state index contributed by atoms with van der Waals surface area (Å²) in [5.74, 6) is 0. The maximum atomic E-state index is 5.76. The van der Waals surface area contributed by atoms with Gasteiger partial charge in [0.2, 0.25) is 0 Å². The van der Waals surface area contributed by atoms with Crippen molar-refractivity contribution in [2.45, 2.75) is 95.9 Å². The summed E-state index contributed by atoms with van der Waals surface area (Å²) >= 11 is 0. The van der Waals surface area contributed by atoms with Crippen LogP contribution in [-0.2, 0) is 4.74 Å². The van der Waals surface area contributed by atoms with E-state index in [0.717, 1.165) is 12.6 Å². The largest absolute Gasteiger partial charge is 0.362 e. The van der Waals surface area contributed by atoms with Crippen molar-refractivity contribution in [3.63, 3.8) is 0 Å². The van der Waals surface area contributed by atoms with E-state index in [1.165, 1.54) is 77.2 Å². The Bertz CT molecular complexity index is 257. The SMILES string of the molecule is CC(N)CCCCCCCCCC1CCC2OCCN12. The smallest absolute Gasteiger partial charge is 0.111 e. The van der Waals surface area contributed by atoms with E-state index in [0.29, 0.717) is 12.3 Å². The lowest BCUT2D eigenvalue weighted by atomic mass is 10.0. The molecule has 0 aromatic carbocycles. The van der Waals surface area contributed by atoms with Crippen LogP contribution in [0.4, 0.5) is 0 Å². The average Bonchev–Trinajstić information content (AvgIpc) is 3.00. The molecule has 0 saturated carbocycles. The molecule has 2 aliphatic heterocycles. The highest BCUT2D eigenvalue weighted by molar-refractivity contribution is 4.85. The van der Waals surface area contributed by atoms with Crippen LogP contribution in [0.5, 0.6) is 0 Å². The molecule has 2 aliphatic rings. The van der Waals surface area contributed by atoms with Crippen LogP contribution < -0.4 is 5.73 Å². The van der Waals surface area contributed by atoms with Gasteiger partial charge >= 0.3 is 0 Å². The van der Waals surface area contributed by atoms with Crippen molar-refractivity contribution in [3.05, 3.63) is 0 Å². The van der Waals surface area contributed by atoms with Crippen molar-refractivity contribution in [1.82, 2.24) is 4.90 Å². The number of hydrogen-bond donors (Lipinski definition) is 1. The molecule has 2 saturated heterocycles. The second-order valence-electron chi connectivity index (χ2n) is 6.82. The number of unbranched alkanes of at least 4 members (excludes halogenated alkanes) is 6. The zero-order valence-corrected chi connectivity index (χ0v) is 13.4. The Kier molecular flexibility index (Phi) is 7.32. The van der Waals surface area contributed by atoms with Crippen LogP contribution in [0.2, 0.25) is 0 Å². The van der Waals surface area contributed by atoms with Crippen molar-refractivity contribution in [2.75, 3.05) is 13.2 Å². The fraction of sp³-hybridized carbons (Fsp3) is 1.00. The first-order chi connectivity index (χ1) is 9.77. The normalized spacial score (nSPS) is 27.9. The topological polar surface area (TPSA) is 38.5 Å². The van der Waals surface area contributed by atoms with Crippen molar-refractivity contribution < 1.29 is 4.74 Å². The Morgan fingerprint density at radius 2 is 1.75 bits per heavy atom. The average molecular weight is 282 g/mol. The molecule has 0 amide bonds. The van der Waals surface area contributed by atoms with Crippen LogP contribution in [0.3, 0.4) is 0 Å². The minimum Gasteiger partial charge on any atom is -0.362 e. The standard InChI is InChI=1S/C17H34N2O/c1-15(18)9-7-5-3-2-4-6-8-10-16-11-12-17-19(16)13-14-20-17/h15-17H,2-14,18H2,1H3. The number of nitrogens with two attached hydrogens (primary N) is 1. The minimum atomic E-state index is 0.389. The molecule has 3 unspecified atom stereocenters. The maximum absolute atomic E-state index is 5.76. The van der Waals surface area contributed by atoms with Gasteiger partial charge in [0.05, 0.1) is 6.61 Å². The highest BCUT2D eigenvalue weighted by atomic mass is 16.5. The Morgan fingerprint density at radius 3 is 2.50 bits per heavy atom. The molecule has 3 atom stereocenters. The van der Waals surface area contributed by atoms with Crippen LogP contribution in [0, 0.1) is 0 Å². The fourth-order valence-electron chi connectivity index (χ4n) is 3.74. The van der Waals surface area contributed by atoms with Crippen LogP contribution >= 0.6 is 0 Å². The second-order valence-corrected chi connectivity index (χ2v) is 6.82. The summed E-state index contributed by atoms with van der Waals surface area (Å²) < 4.78 is 5.72. The van der Waals surface area contributed by atoms with Crippen LogP contribution in [0.15, 0.2) is 0 Å². The van der Waals surface area contributed by atoms with Gasteiger partial charge in [0.25, 0.3) is 0 Å². The quantitative estimate of drug-likeness (QED) is 0.621. The second kappa shape index (κ2) is 9.01. The predicted molar refractivity (Wildman–Crippen MR) is 84.7 cm³/mol. The molecule has 0 spiro atoms. The van der Waals surface area contributed by atoms with E-state index in [1.54, 1.807) is 0 Å². The summed E-state index contributed by atoms with van der Waals surface area (Å²) in [6, 6.07) is 1.22. The van der Waals surface area contributed by atoms with E-state index in [9.17, 15) is 0 Å². The first-order valence-corrected chi connectivity index (χ1v) is 8.90. The summed E-state index contributed by atoms with van der Waals surface area (Å²) in [7, 11) is 0. The number of rotatable bonds is 10. The molecule has 0 radical (unpaired) electrons. The Hall–Kier alpha value is -0.120. The van der Waals surface area contributed by atoms with Gasteiger partial charge in [-0.1, -0.05) is 44.9 Å². The fourth-order valence-corrected chi connectivity index (χ4v) is 3.74. The minimum absolute atomic E-state index is 0.389. The maximum Gasteiger partial charge on any atom is 0.111 e. The van der Waals surface area contributed by atoms with E-state index >= 15 is 0 Å². The first-order valence-electron chi connectivity index (χ1n) is 8.90. The molecule has 3 heteroatoms. The van der Waals surface area contributed by atoms with Crippen LogP contribution in [0.1, 0.15) is 77.6 Å². The molecule has 0 bridgehead atoms. The summed E-state index contributed by atoms with van der Waals surface area (Å²) in [6.45, 7) is 4.25. The highest BCUT2D eigenvalue weighted by Gasteiger charge is 2.36. The summed E-state index contributed by atoms with van der Waals surface area (Å²) in [5.41, 5.74) is 5.76. The van der Waals surface area contributed by atoms with Gasteiger partial charge in [-0.15, -0.1) is 0 Å². The third kappa shape index (κ3) is 5.34. The molecule has 2 rings (SSSR count). The Morgan fingerprint density at radius 1 is 1.05 bits per heavy atom. The molecule has 0 aliphatic carbocycles. The molecular weight excluding hydrogens is 248 g/mol. The van der Waals surface area contributed by atoms with Crippen molar-refractivity contribution >= 4 is 0 Å². The molecule has 2 N–H and O–H groups in total. The molecule has 2 fully saturated rings. The highest BCUT2D eigenvalue weighted by Crippen LogP contribution is 2.31. The number of fused-ring (bicyclic) bond motifs is 1. The third-order valence-electron chi connectivity index (χ3n) is 4.94. The summed E-state index contributed by atoms with van der Waals surface area (Å²) in [4.78, 5) is 2.61. The van der Waals surface area contributed by atoms with Gasteiger partial charge in [-0.2, -0.15) is 0 Å². The van der Waals surface area contributed by atoms with Gasteiger partial charge < -0.3 is 10.5 Å². The van der Waals surface area contributed by atoms with Gasteiger partial charge in [0.15, 0.2) is 0 Å². The van der Waals surface area contributed by atoms with E-state index in [1.807, 2.05) is 0 Å². The van der Waals surface area contributed by atoms with E-state index in [4.69, 9.17) is 10.5 Å². The number of nitrogens with zero attached hydrogens (tertiary/aromatic N) is 1. The Balaban J connectivity index is 1.39. The zero-order valence-electron chi connectivity index (χ0n) is 13.4. The molecular formula is C17H34N2O. The summed E-state index contributed by atoms with van der Waals surface area (Å²) in [5, 5.41) is 0. The summed E-state index contributed by atoms with van der Waals surface area (Å²) in [6.07, 6.45) is 15.5. The van der Waals surface area contributed by atoms with Crippen molar-refractivity contribution in [2.24, 2.45) is 5.73 Å². The molecule has 0 aromatic rings. The van der Waals surface area contributed by atoms with Crippen LogP contribution in [0.25, 0.3) is 0 Å². The monoisotopic (exact) mass is 282 g/mol. The van der Waals surface area contributed by atoms with E-state index < -0.39 is 0 Å². The zero-order chi connectivity index (χ0) is 14.2. The van der Waals surface area contributed by atoms with Crippen molar-refractivity contribution in [1.29, 1.82) is 0 Å². The lowest BCUT2D eigenvalue weighted by Crippen LogP contribution is -2.31. The van der Waals surface area contributed by atoms with Crippen molar-refractivity contribution in [3.8, 4) is 0 Å². The molecule has 118 valence electrons. The third-order valence-corrected chi connectivity index (χ3v) is 4.94. The van der Waals surface area contributed by atoms with Gasteiger partial charge in [-0.3, -0.25) is 4.90 Å². The van der Waals surface area contributed by atoms with E-state index in [2.05, 4.69) is 11.8 Å². The molecule has 0 aromatic heterocycles. The molecule has 2 heterocycles. The number of hydrogen-bond acceptors (Lipinski definition) is 3. The van der Waals surface area contributed by atoms with Gasteiger partial charge in [-0.25, -0.2) is 0 Å². The van der Waals surface area contributed by atoms with Gasteiger partial charge in [0, 0.05) is 18.6 Å². The molecule has 20 heavy (non-hydrogen) atoms. The molecule has 3 nitrogen and oxygen atoms in total. The Labute approximate surface area is 125 Å². The predicted octanol–water partition coefficient (Wildman–Crippen LogP) is 3.67. The first kappa shape index (κ1) is 16.3. The van der Waals surface area contributed by atoms with Gasteiger partial charge in [-0.05, 0) is 32.6 Å². The lowest BCUT2D eigenvalue weighted by molar-refractivity contribution is 0.0481. The number of ether oxygens (including phenoxy) is 1. The van der Waals surface area contributed by atoms with Crippen LogP contribution in [-0.4, -0.2) is 36.4 Å². The van der Waals surface area contributed by atoms with E-state index in [-0.39, 0.29) is 0 Å². The van der Waals surface area contributed by atoms with Gasteiger partial charge in [0.1, 0.15) is 6.23 Å².